The Hall–Kier alpha value is -1.62. The van der Waals surface area contributed by atoms with Gasteiger partial charge in [0.05, 0.1) is 13.2 Å². The Labute approximate surface area is 107 Å². The Bertz CT molecular complexity index is 416. The van der Waals surface area contributed by atoms with Gasteiger partial charge in [-0.1, -0.05) is 6.07 Å². The highest BCUT2D eigenvalue weighted by atomic mass is 16.5. The van der Waals surface area contributed by atoms with E-state index in [1.54, 1.807) is 6.20 Å². The summed E-state index contributed by atoms with van der Waals surface area (Å²) in [6.07, 6.45) is 1.72. The van der Waals surface area contributed by atoms with E-state index >= 15 is 0 Å². The van der Waals surface area contributed by atoms with E-state index in [0.29, 0.717) is 26.3 Å². The molecule has 2 heterocycles. The van der Waals surface area contributed by atoms with Gasteiger partial charge in [-0.25, -0.2) is 4.98 Å². The quantitative estimate of drug-likeness (QED) is 0.870. The minimum atomic E-state index is -0.267. The molecule has 1 aromatic rings. The number of amides is 1. The molecule has 0 aliphatic carbocycles. The molecular weight excluding hydrogens is 230 g/mol. The largest absolute Gasteiger partial charge is 0.378 e. The van der Waals surface area contributed by atoms with Gasteiger partial charge in [0.2, 0.25) is 5.91 Å². The van der Waals surface area contributed by atoms with E-state index in [2.05, 4.69) is 10.3 Å². The van der Waals surface area contributed by atoms with Gasteiger partial charge in [-0.05, 0) is 25.5 Å². The van der Waals surface area contributed by atoms with Crippen LogP contribution in [0, 0.1) is 6.92 Å². The molecule has 5 heteroatoms. The lowest BCUT2D eigenvalue weighted by Crippen LogP contribution is -2.47. The van der Waals surface area contributed by atoms with Crippen molar-refractivity contribution in [3.8, 4) is 0 Å². The number of rotatable bonds is 3. The van der Waals surface area contributed by atoms with Crippen molar-refractivity contribution < 1.29 is 9.53 Å². The molecule has 98 valence electrons. The molecule has 1 saturated heterocycles. The second kappa shape index (κ2) is 5.82. The maximum Gasteiger partial charge on any atom is 0.244 e. The van der Waals surface area contributed by atoms with E-state index in [9.17, 15) is 4.79 Å². The topological polar surface area (TPSA) is 54.5 Å². The Balaban J connectivity index is 1.96. The van der Waals surface area contributed by atoms with E-state index < -0.39 is 0 Å². The van der Waals surface area contributed by atoms with E-state index in [4.69, 9.17) is 4.74 Å². The van der Waals surface area contributed by atoms with Gasteiger partial charge < -0.3 is 15.0 Å². The minimum absolute atomic E-state index is 0.100. The fourth-order valence-electron chi connectivity index (χ4n) is 1.96. The second-order valence-corrected chi connectivity index (χ2v) is 4.47. The van der Waals surface area contributed by atoms with Gasteiger partial charge in [-0.15, -0.1) is 0 Å². The number of aromatic nitrogens is 1. The summed E-state index contributed by atoms with van der Waals surface area (Å²) in [5, 5.41) is 3.16. The monoisotopic (exact) mass is 249 g/mol. The Morgan fingerprint density at radius 3 is 2.89 bits per heavy atom. The molecule has 2 rings (SSSR count). The van der Waals surface area contributed by atoms with Gasteiger partial charge in [0.25, 0.3) is 0 Å². The molecule has 0 spiro atoms. The highest BCUT2D eigenvalue weighted by Crippen LogP contribution is 2.12. The third-order valence-corrected chi connectivity index (χ3v) is 3.06. The maximum absolute atomic E-state index is 12.2. The number of hydrogen-bond acceptors (Lipinski definition) is 4. The first-order valence-corrected chi connectivity index (χ1v) is 6.23. The molecule has 0 radical (unpaired) electrons. The van der Waals surface area contributed by atoms with Crippen LogP contribution in [-0.4, -0.2) is 48.1 Å². The average Bonchev–Trinajstić information content (AvgIpc) is 2.41. The van der Waals surface area contributed by atoms with Crippen molar-refractivity contribution in [3.05, 3.63) is 23.9 Å². The average molecular weight is 249 g/mol. The minimum Gasteiger partial charge on any atom is -0.378 e. The highest BCUT2D eigenvalue weighted by Gasteiger charge is 2.22. The SMILES string of the molecule is Cc1cccnc1NC(C)C(=O)N1CCOCC1. The van der Waals surface area contributed by atoms with Crippen molar-refractivity contribution in [2.45, 2.75) is 19.9 Å². The van der Waals surface area contributed by atoms with Crippen LogP contribution in [-0.2, 0) is 9.53 Å². The van der Waals surface area contributed by atoms with Gasteiger partial charge in [0.15, 0.2) is 0 Å². The fraction of sp³-hybridized carbons (Fsp3) is 0.538. The van der Waals surface area contributed by atoms with Crippen LogP contribution in [0.4, 0.5) is 5.82 Å². The lowest BCUT2D eigenvalue weighted by Gasteiger charge is -2.29. The highest BCUT2D eigenvalue weighted by molar-refractivity contribution is 5.84. The van der Waals surface area contributed by atoms with Crippen LogP contribution in [0.1, 0.15) is 12.5 Å². The van der Waals surface area contributed by atoms with Crippen molar-refractivity contribution >= 4 is 11.7 Å². The van der Waals surface area contributed by atoms with Crippen LogP contribution in [0.2, 0.25) is 0 Å². The Morgan fingerprint density at radius 2 is 2.22 bits per heavy atom. The summed E-state index contributed by atoms with van der Waals surface area (Å²) in [7, 11) is 0. The van der Waals surface area contributed by atoms with Crippen LogP contribution in [0.15, 0.2) is 18.3 Å². The zero-order chi connectivity index (χ0) is 13.0. The van der Waals surface area contributed by atoms with E-state index in [1.807, 2.05) is 30.9 Å². The van der Waals surface area contributed by atoms with Crippen LogP contribution in [0.3, 0.4) is 0 Å². The van der Waals surface area contributed by atoms with Crippen LogP contribution >= 0.6 is 0 Å². The Morgan fingerprint density at radius 1 is 1.50 bits per heavy atom. The predicted molar refractivity (Wildman–Crippen MR) is 69.5 cm³/mol. The van der Waals surface area contributed by atoms with Crippen molar-refractivity contribution in [3.63, 3.8) is 0 Å². The fourth-order valence-corrected chi connectivity index (χ4v) is 1.96. The zero-order valence-corrected chi connectivity index (χ0v) is 10.8. The molecule has 18 heavy (non-hydrogen) atoms. The molecule has 1 atom stereocenters. The number of carbonyl (C=O) groups excluding carboxylic acids is 1. The van der Waals surface area contributed by atoms with Crippen molar-refractivity contribution in [2.24, 2.45) is 0 Å². The smallest absolute Gasteiger partial charge is 0.244 e. The first-order chi connectivity index (χ1) is 8.68. The number of aryl methyl sites for hydroxylation is 1. The normalized spacial score (nSPS) is 17.3. The number of anilines is 1. The molecule has 5 nitrogen and oxygen atoms in total. The number of hydrogen-bond donors (Lipinski definition) is 1. The van der Waals surface area contributed by atoms with E-state index in [1.165, 1.54) is 0 Å². The lowest BCUT2D eigenvalue weighted by atomic mass is 10.2. The lowest BCUT2D eigenvalue weighted by molar-refractivity contribution is -0.135. The van der Waals surface area contributed by atoms with Crippen molar-refractivity contribution in [1.29, 1.82) is 0 Å². The molecule has 1 fully saturated rings. The summed E-state index contributed by atoms with van der Waals surface area (Å²) >= 11 is 0. The summed E-state index contributed by atoms with van der Waals surface area (Å²) in [4.78, 5) is 18.3. The van der Waals surface area contributed by atoms with E-state index in [-0.39, 0.29) is 11.9 Å². The molecule has 0 bridgehead atoms. The molecule has 1 amide bonds. The first-order valence-electron chi connectivity index (χ1n) is 6.23. The number of nitrogens with zero attached hydrogens (tertiary/aromatic N) is 2. The summed E-state index contributed by atoms with van der Waals surface area (Å²) < 4.78 is 5.24. The molecule has 1 aromatic heterocycles. The molecular formula is C13H19N3O2. The number of nitrogens with one attached hydrogen (secondary N) is 1. The number of morpholine rings is 1. The van der Waals surface area contributed by atoms with Gasteiger partial charge in [0.1, 0.15) is 11.9 Å². The van der Waals surface area contributed by atoms with Crippen molar-refractivity contribution in [2.75, 3.05) is 31.6 Å². The molecule has 1 N–H and O–H groups in total. The molecule has 0 aromatic carbocycles. The van der Waals surface area contributed by atoms with Gasteiger partial charge in [-0.3, -0.25) is 4.79 Å². The zero-order valence-electron chi connectivity index (χ0n) is 10.8. The summed E-state index contributed by atoms with van der Waals surface area (Å²) in [5.74, 6) is 0.870. The molecule has 1 aliphatic heterocycles. The number of ether oxygens (including phenoxy) is 1. The molecule has 0 saturated carbocycles. The van der Waals surface area contributed by atoms with Crippen LogP contribution < -0.4 is 5.32 Å². The predicted octanol–water partition coefficient (Wildman–Crippen LogP) is 1.05. The molecule has 1 unspecified atom stereocenters. The Kier molecular flexibility index (Phi) is 4.15. The first kappa shape index (κ1) is 12.8. The van der Waals surface area contributed by atoms with Gasteiger partial charge >= 0.3 is 0 Å². The number of carbonyl (C=O) groups is 1. The summed E-state index contributed by atoms with van der Waals surface area (Å²) in [5.41, 5.74) is 1.04. The van der Waals surface area contributed by atoms with E-state index in [0.717, 1.165) is 11.4 Å². The standard InChI is InChI=1S/C13H19N3O2/c1-10-4-3-5-14-12(10)15-11(2)13(17)16-6-8-18-9-7-16/h3-5,11H,6-9H2,1-2H3,(H,14,15). The van der Waals surface area contributed by atoms with Gasteiger partial charge in [-0.2, -0.15) is 0 Å². The third kappa shape index (κ3) is 2.98. The van der Waals surface area contributed by atoms with Crippen molar-refractivity contribution in [1.82, 2.24) is 9.88 Å². The summed E-state index contributed by atoms with van der Waals surface area (Å²) in [6.45, 7) is 6.44. The number of pyridine rings is 1. The second-order valence-electron chi connectivity index (χ2n) is 4.47. The molecule has 1 aliphatic rings. The maximum atomic E-state index is 12.2. The van der Waals surface area contributed by atoms with Crippen LogP contribution in [0.5, 0.6) is 0 Å². The van der Waals surface area contributed by atoms with Gasteiger partial charge in [0, 0.05) is 19.3 Å². The summed E-state index contributed by atoms with van der Waals surface area (Å²) in [6, 6.07) is 3.59. The van der Waals surface area contributed by atoms with Crippen LogP contribution in [0.25, 0.3) is 0 Å². The third-order valence-electron chi connectivity index (χ3n) is 3.06.